The van der Waals surface area contributed by atoms with Crippen LogP contribution in [0.25, 0.3) is 10.9 Å². The van der Waals surface area contributed by atoms with Gasteiger partial charge in [0.15, 0.2) is 5.75 Å². The Labute approximate surface area is 160 Å². The molecular weight excluding hydrogens is 364 g/mol. The van der Waals surface area contributed by atoms with Crippen molar-refractivity contribution in [2.75, 3.05) is 43.6 Å². The van der Waals surface area contributed by atoms with Crippen LogP contribution >= 0.6 is 0 Å². The largest absolute Gasteiger partial charge is 0.490 e. The van der Waals surface area contributed by atoms with Gasteiger partial charge >= 0.3 is 5.69 Å². The molecule has 1 fully saturated rings. The number of anilines is 3. The van der Waals surface area contributed by atoms with Crippen LogP contribution in [-0.4, -0.2) is 53.3 Å². The molecule has 0 amide bonds. The van der Waals surface area contributed by atoms with E-state index in [2.05, 4.69) is 25.2 Å². The van der Waals surface area contributed by atoms with Crippen LogP contribution in [-0.2, 0) is 4.74 Å². The number of nitro groups is 1. The minimum Gasteiger partial charge on any atom is -0.490 e. The maximum absolute atomic E-state index is 11.3. The van der Waals surface area contributed by atoms with Gasteiger partial charge in [-0.1, -0.05) is 0 Å². The lowest BCUT2D eigenvalue weighted by molar-refractivity contribution is -0.385. The highest BCUT2D eigenvalue weighted by Gasteiger charge is 2.19. The Morgan fingerprint density at radius 2 is 2.04 bits per heavy atom. The van der Waals surface area contributed by atoms with Crippen LogP contribution in [0.2, 0.25) is 0 Å². The minimum absolute atomic E-state index is 0.148. The summed E-state index contributed by atoms with van der Waals surface area (Å²) in [6, 6.07) is 6.78. The van der Waals surface area contributed by atoms with E-state index in [0.29, 0.717) is 35.8 Å². The van der Waals surface area contributed by atoms with Crippen molar-refractivity contribution in [2.45, 2.75) is 0 Å². The predicted octanol–water partition coefficient (Wildman–Crippen LogP) is 2.52. The molecular formula is C18H18N6O4. The molecule has 10 heteroatoms. The summed E-state index contributed by atoms with van der Waals surface area (Å²) in [5, 5.41) is 15.0. The molecule has 3 heterocycles. The van der Waals surface area contributed by atoms with Crippen molar-refractivity contribution in [3.63, 3.8) is 0 Å². The minimum atomic E-state index is -0.494. The zero-order valence-corrected chi connectivity index (χ0v) is 15.2. The lowest BCUT2D eigenvalue weighted by Crippen LogP contribution is -2.36. The molecule has 2 aromatic heterocycles. The molecule has 0 unspecified atom stereocenters. The molecule has 144 valence electrons. The number of methoxy groups -OCH3 is 1. The van der Waals surface area contributed by atoms with Crippen molar-refractivity contribution in [3.05, 3.63) is 46.9 Å². The smallest absolute Gasteiger partial charge is 0.311 e. The number of hydrogen-bond donors (Lipinski definition) is 1. The fourth-order valence-corrected chi connectivity index (χ4v) is 3.11. The van der Waals surface area contributed by atoms with Crippen molar-refractivity contribution in [1.82, 2.24) is 15.0 Å². The number of fused-ring (bicyclic) bond motifs is 1. The van der Waals surface area contributed by atoms with Gasteiger partial charge in [0, 0.05) is 43.2 Å². The Bertz CT molecular complexity index is 1020. The number of hydrogen-bond acceptors (Lipinski definition) is 9. The maximum atomic E-state index is 11.3. The van der Waals surface area contributed by atoms with Gasteiger partial charge in [-0.05, 0) is 6.07 Å². The van der Waals surface area contributed by atoms with Crippen molar-refractivity contribution in [2.24, 2.45) is 0 Å². The molecule has 1 saturated heterocycles. The topological polar surface area (TPSA) is 116 Å². The molecule has 0 bridgehead atoms. The van der Waals surface area contributed by atoms with Crippen molar-refractivity contribution in [1.29, 1.82) is 0 Å². The SMILES string of the molecule is COc1cc2ncnc(Nc3cc(N4CCOCC4)ccn3)c2cc1[N+](=O)[O-]. The van der Waals surface area contributed by atoms with Crippen molar-refractivity contribution < 1.29 is 14.4 Å². The van der Waals surface area contributed by atoms with Gasteiger partial charge in [0.25, 0.3) is 0 Å². The first-order valence-corrected chi connectivity index (χ1v) is 8.68. The summed E-state index contributed by atoms with van der Waals surface area (Å²) in [6.45, 7) is 3.00. The third-order valence-electron chi connectivity index (χ3n) is 4.50. The van der Waals surface area contributed by atoms with Crippen LogP contribution in [0.5, 0.6) is 5.75 Å². The Morgan fingerprint density at radius 1 is 1.21 bits per heavy atom. The molecule has 0 atom stereocenters. The standard InChI is InChI=1S/C18H18N6O4/c1-27-16-10-14-13(9-15(16)24(25)26)18(21-11-20-14)22-17-8-12(2-3-19-17)23-4-6-28-7-5-23/h2-3,8-11H,4-7H2,1H3,(H,19,20,21,22). The molecule has 4 rings (SSSR count). The summed E-state index contributed by atoms with van der Waals surface area (Å²) in [5.41, 5.74) is 1.40. The van der Waals surface area contributed by atoms with Crippen LogP contribution in [0.4, 0.5) is 23.0 Å². The Hall–Kier alpha value is -3.53. The summed E-state index contributed by atoms with van der Waals surface area (Å²) in [6.07, 6.45) is 3.10. The fraction of sp³-hybridized carbons (Fsp3) is 0.278. The number of nitrogens with one attached hydrogen (secondary N) is 1. The molecule has 0 radical (unpaired) electrons. The van der Waals surface area contributed by atoms with E-state index in [1.54, 1.807) is 6.20 Å². The maximum Gasteiger partial charge on any atom is 0.311 e. The molecule has 1 aromatic carbocycles. The average molecular weight is 382 g/mol. The van der Waals surface area contributed by atoms with E-state index in [1.165, 1.54) is 25.6 Å². The highest BCUT2D eigenvalue weighted by molar-refractivity contribution is 5.93. The van der Waals surface area contributed by atoms with Gasteiger partial charge in [-0.2, -0.15) is 0 Å². The first kappa shape index (κ1) is 17.9. The average Bonchev–Trinajstić information content (AvgIpc) is 2.74. The van der Waals surface area contributed by atoms with Crippen LogP contribution in [0, 0.1) is 10.1 Å². The molecule has 3 aromatic rings. The summed E-state index contributed by atoms with van der Waals surface area (Å²) in [5.74, 6) is 1.17. The second kappa shape index (κ2) is 7.61. The Kier molecular flexibility index (Phi) is 4.85. The highest BCUT2D eigenvalue weighted by Crippen LogP contribution is 2.34. The molecule has 0 spiro atoms. The first-order chi connectivity index (χ1) is 13.7. The van der Waals surface area contributed by atoms with Crippen LogP contribution in [0.3, 0.4) is 0 Å². The number of nitrogens with zero attached hydrogens (tertiary/aromatic N) is 5. The summed E-state index contributed by atoms with van der Waals surface area (Å²) in [4.78, 5) is 25.8. The van der Waals surface area contributed by atoms with Gasteiger partial charge in [0.1, 0.15) is 18.0 Å². The molecule has 0 aliphatic carbocycles. The molecule has 0 saturated carbocycles. The fourth-order valence-electron chi connectivity index (χ4n) is 3.11. The van der Waals surface area contributed by atoms with E-state index in [-0.39, 0.29) is 11.4 Å². The number of morpholine rings is 1. The zero-order valence-electron chi connectivity index (χ0n) is 15.2. The van der Waals surface area contributed by atoms with Crippen LogP contribution < -0.4 is 15.0 Å². The van der Waals surface area contributed by atoms with Gasteiger partial charge in [-0.25, -0.2) is 15.0 Å². The number of pyridine rings is 1. The number of aromatic nitrogens is 3. The number of rotatable bonds is 5. The van der Waals surface area contributed by atoms with Gasteiger partial charge in [0.05, 0.1) is 36.1 Å². The van der Waals surface area contributed by atoms with Gasteiger partial charge in [-0.15, -0.1) is 0 Å². The third kappa shape index (κ3) is 3.49. The molecule has 10 nitrogen and oxygen atoms in total. The van der Waals surface area contributed by atoms with E-state index in [4.69, 9.17) is 9.47 Å². The number of ether oxygens (including phenoxy) is 2. The van der Waals surface area contributed by atoms with Gasteiger partial charge in [0.2, 0.25) is 0 Å². The second-order valence-electron chi connectivity index (χ2n) is 6.14. The van der Waals surface area contributed by atoms with Crippen LogP contribution in [0.15, 0.2) is 36.8 Å². The van der Waals surface area contributed by atoms with E-state index < -0.39 is 4.92 Å². The predicted molar refractivity (Wildman–Crippen MR) is 103 cm³/mol. The van der Waals surface area contributed by atoms with Crippen molar-refractivity contribution >= 4 is 33.9 Å². The van der Waals surface area contributed by atoms with Gasteiger partial charge in [-0.3, -0.25) is 10.1 Å². The molecule has 28 heavy (non-hydrogen) atoms. The second-order valence-corrected chi connectivity index (χ2v) is 6.14. The lowest BCUT2D eigenvalue weighted by atomic mass is 10.2. The van der Waals surface area contributed by atoms with Crippen LogP contribution in [0.1, 0.15) is 0 Å². The zero-order chi connectivity index (χ0) is 19.5. The van der Waals surface area contributed by atoms with E-state index in [0.717, 1.165) is 18.8 Å². The number of nitro benzene ring substituents is 1. The van der Waals surface area contributed by atoms with Gasteiger partial charge < -0.3 is 19.7 Å². The van der Waals surface area contributed by atoms with Crippen molar-refractivity contribution in [3.8, 4) is 5.75 Å². The monoisotopic (exact) mass is 382 g/mol. The molecule has 1 aliphatic rings. The Balaban J connectivity index is 1.70. The highest BCUT2D eigenvalue weighted by atomic mass is 16.6. The number of benzene rings is 1. The normalized spacial score (nSPS) is 14.1. The van der Waals surface area contributed by atoms with E-state index in [1.807, 2.05) is 12.1 Å². The van der Waals surface area contributed by atoms with E-state index >= 15 is 0 Å². The molecule has 1 aliphatic heterocycles. The molecule has 1 N–H and O–H groups in total. The first-order valence-electron chi connectivity index (χ1n) is 8.68. The third-order valence-corrected chi connectivity index (χ3v) is 4.50. The van der Waals surface area contributed by atoms with E-state index in [9.17, 15) is 10.1 Å². The lowest BCUT2D eigenvalue weighted by Gasteiger charge is -2.28. The summed E-state index contributed by atoms with van der Waals surface area (Å²) in [7, 11) is 1.38. The quantitative estimate of drug-likeness (QED) is 0.525. The summed E-state index contributed by atoms with van der Waals surface area (Å²) < 4.78 is 10.5. The summed E-state index contributed by atoms with van der Waals surface area (Å²) >= 11 is 0. The Morgan fingerprint density at radius 3 is 2.79 bits per heavy atom.